The molecule has 4 aliphatic carbocycles. The summed E-state index contributed by atoms with van der Waals surface area (Å²) < 4.78 is 5.68. The van der Waals surface area contributed by atoms with Gasteiger partial charge in [0.15, 0.2) is 5.78 Å². The van der Waals surface area contributed by atoms with Crippen LogP contribution in [0.1, 0.15) is 120 Å². The summed E-state index contributed by atoms with van der Waals surface area (Å²) >= 11 is 0. The van der Waals surface area contributed by atoms with Crippen molar-refractivity contribution in [3.8, 4) is 0 Å². The van der Waals surface area contributed by atoms with Crippen molar-refractivity contribution in [2.24, 2.45) is 50.2 Å². The molecule has 7 unspecified atom stereocenters. The second kappa shape index (κ2) is 9.65. The van der Waals surface area contributed by atoms with E-state index in [1.165, 1.54) is 0 Å². The minimum Gasteiger partial charge on any atom is -0.466 e. The number of fused-ring (bicyclic) bond motifs is 5. The first kappa shape index (κ1) is 30.2. The number of esters is 1. The van der Waals surface area contributed by atoms with E-state index in [1.54, 1.807) is 0 Å². The Bertz CT molecular complexity index is 1080. The van der Waals surface area contributed by atoms with Crippen LogP contribution in [0.3, 0.4) is 0 Å². The highest BCUT2D eigenvalue weighted by atomic mass is 16.5. The summed E-state index contributed by atoms with van der Waals surface area (Å²) in [6.45, 7) is 19.7. The van der Waals surface area contributed by atoms with Gasteiger partial charge in [-0.3, -0.25) is 14.4 Å². The molecule has 0 aromatic rings. The standard InChI is InChI=1S/C34H52O5/c1-10-29(3,4)14-16-34(28(38)39-11-2)17-15-32(8)23(20-34)24(36)18-26-31(7)19-22(21-35)27(37)30(5,6)25(31)12-13-33(26,32)9/h18,21-23,25H,10-17,19-20H2,1-9H3. The van der Waals surface area contributed by atoms with E-state index in [-0.39, 0.29) is 51.0 Å². The molecule has 39 heavy (non-hydrogen) atoms. The van der Waals surface area contributed by atoms with Crippen molar-refractivity contribution in [2.75, 3.05) is 6.61 Å². The van der Waals surface area contributed by atoms with Gasteiger partial charge in [0.05, 0.1) is 17.9 Å². The van der Waals surface area contributed by atoms with Crippen LogP contribution in [0, 0.1) is 50.2 Å². The Kier molecular flexibility index (Phi) is 7.47. The number of ketones is 2. The number of hydrogen-bond donors (Lipinski definition) is 0. The molecule has 4 aliphatic rings. The van der Waals surface area contributed by atoms with Gasteiger partial charge in [0.1, 0.15) is 12.1 Å². The minimum absolute atomic E-state index is 0.0438. The Morgan fingerprint density at radius 2 is 1.72 bits per heavy atom. The van der Waals surface area contributed by atoms with Gasteiger partial charge >= 0.3 is 5.97 Å². The van der Waals surface area contributed by atoms with Gasteiger partial charge in [0.25, 0.3) is 0 Å². The molecule has 0 amide bonds. The SMILES string of the molecule is CCOC(=O)C1(CCC(C)(C)CC)CCC2(C)C(C1)C(=O)C=C1C3(C)CC(C=O)C(=O)C(C)(C)C3CCC12C. The number of aldehydes is 1. The monoisotopic (exact) mass is 540 g/mol. The smallest absolute Gasteiger partial charge is 0.312 e. The molecule has 3 saturated carbocycles. The molecule has 0 radical (unpaired) electrons. The van der Waals surface area contributed by atoms with E-state index in [0.717, 1.165) is 56.8 Å². The van der Waals surface area contributed by atoms with Gasteiger partial charge < -0.3 is 9.53 Å². The molecular formula is C34H52O5. The van der Waals surface area contributed by atoms with Crippen LogP contribution in [0.2, 0.25) is 0 Å². The summed E-state index contributed by atoms with van der Waals surface area (Å²) in [6, 6.07) is 0. The molecule has 3 fully saturated rings. The second-order valence-corrected chi connectivity index (χ2v) is 15.5. The van der Waals surface area contributed by atoms with Crippen molar-refractivity contribution >= 4 is 23.8 Å². The quantitative estimate of drug-likeness (QED) is 0.192. The lowest BCUT2D eigenvalue weighted by Gasteiger charge is -2.67. The summed E-state index contributed by atoms with van der Waals surface area (Å²) in [5, 5.41) is 0. The average Bonchev–Trinajstić information content (AvgIpc) is 2.87. The Hall–Kier alpha value is -1.78. The van der Waals surface area contributed by atoms with Crippen LogP contribution < -0.4 is 0 Å². The third-order valence-corrected chi connectivity index (χ3v) is 12.9. The van der Waals surface area contributed by atoms with E-state index >= 15 is 0 Å². The zero-order chi connectivity index (χ0) is 29.2. The first-order valence-electron chi connectivity index (χ1n) is 15.4. The van der Waals surface area contributed by atoms with Gasteiger partial charge in [-0.2, -0.15) is 0 Å². The molecule has 0 aliphatic heterocycles. The van der Waals surface area contributed by atoms with Gasteiger partial charge in [-0.25, -0.2) is 0 Å². The van der Waals surface area contributed by atoms with Crippen LogP contribution >= 0.6 is 0 Å². The van der Waals surface area contributed by atoms with E-state index in [9.17, 15) is 19.2 Å². The summed E-state index contributed by atoms with van der Waals surface area (Å²) in [5.41, 5.74) is -0.876. The van der Waals surface area contributed by atoms with Crippen molar-refractivity contribution in [2.45, 2.75) is 120 Å². The molecule has 0 saturated heterocycles. The summed E-state index contributed by atoms with van der Waals surface area (Å²) in [5.74, 6) is -0.748. The third kappa shape index (κ3) is 4.31. The first-order chi connectivity index (χ1) is 18.0. The highest BCUT2D eigenvalue weighted by molar-refractivity contribution is 5.99. The van der Waals surface area contributed by atoms with Gasteiger partial charge in [-0.05, 0) is 91.9 Å². The van der Waals surface area contributed by atoms with Crippen LogP contribution in [-0.2, 0) is 23.9 Å². The van der Waals surface area contributed by atoms with Gasteiger partial charge in [0.2, 0.25) is 0 Å². The number of rotatable bonds is 7. The van der Waals surface area contributed by atoms with Crippen LogP contribution in [0.4, 0.5) is 0 Å². The van der Waals surface area contributed by atoms with Crippen LogP contribution in [-0.4, -0.2) is 30.4 Å². The number of allylic oxidation sites excluding steroid dienone is 2. The third-order valence-electron chi connectivity index (χ3n) is 12.9. The number of ether oxygens (including phenoxy) is 1. The lowest BCUT2D eigenvalue weighted by atomic mass is 9.35. The number of carbonyl (C=O) groups excluding carboxylic acids is 4. The molecule has 218 valence electrons. The maximum Gasteiger partial charge on any atom is 0.312 e. The fourth-order valence-corrected chi connectivity index (χ4v) is 9.60. The normalized spacial score (nSPS) is 41.6. The van der Waals surface area contributed by atoms with E-state index < -0.39 is 16.7 Å². The van der Waals surface area contributed by atoms with Crippen molar-refractivity contribution in [3.05, 3.63) is 11.6 Å². The Morgan fingerprint density at radius 1 is 1.05 bits per heavy atom. The first-order valence-corrected chi connectivity index (χ1v) is 15.4. The molecule has 7 atom stereocenters. The highest BCUT2D eigenvalue weighted by Crippen LogP contribution is 2.73. The predicted molar refractivity (Wildman–Crippen MR) is 153 cm³/mol. The average molecular weight is 541 g/mol. The molecule has 0 aromatic carbocycles. The Balaban J connectivity index is 1.77. The molecule has 0 bridgehead atoms. The van der Waals surface area contributed by atoms with E-state index in [1.807, 2.05) is 26.8 Å². The number of Topliss-reactive ketones (excluding diaryl/α,β-unsaturated/α-hetero) is 1. The maximum absolute atomic E-state index is 14.2. The Labute approximate surface area is 236 Å². The lowest BCUT2D eigenvalue weighted by Crippen LogP contribution is -2.63. The van der Waals surface area contributed by atoms with Crippen molar-refractivity contribution in [1.82, 2.24) is 0 Å². The summed E-state index contributed by atoms with van der Waals surface area (Å²) in [6.07, 6.45) is 9.82. The molecule has 5 nitrogen and oxygen atoms in total. The highest BCUT2D eigenvalue weighted by Gasteiger charge is 2.68. The molecule has 0 aromatic heterocycles. The zero-order valence-corrected chi connectivity index (χ0v) is 26.0. The number of hydrogen-bond acceptors (Lipinski definition) is 5. The molecular weight excluding hydrogens is 488 g/mol. The van der Waals surface area contributed by atoms with Crippen LogP contribution in [0.5, 0.6) is 0 Å². The number of carbonyl (C=O) groups is 4. The fourth-order valence-electron chi connectivity index (χ4n) is 9.60. The van der Waals surface area contributed by atoms with Gasteiger partial charge in [-0.1, -0.05) is 67.4 Å². The van der Waals surface area contributed by atoms with Crippen LogP contribution in [0.15, 0.2) is 11.6 Å². The van der Waals surface area contributed by atoms with Gasteiger partial charge in [0, 0.05) is 11.3 Å². The second-order valence-electron chi connectivity index (χ2n) is 15.5. The van der Waals surface area contributed by atoms with Crippen molar-refractivity contribution in [1.29, 1.82) is 0 Å². The summed E-state index contributed by atoms with van der Waals surface area (Å²) in [7, 11) is 0. The van der Waals surface area contributed by atoms with E-state index in [4.69, 9.17) is 4.74 Å². The van der Waals surface area contributed by atoms with Crippen LogP contribution in [0.25, 0.3) is 0 Å². The molecule has 4 rings (SSSR count). The Morgan fingerprint density at radius 3 is 2.31 bits per heavy atom. The van der Waals surface area contributed by atoms with E-state index in [2.05, 4.69) is 41.5 Å². The molecule has 0 spiro atoms. The van der Waals surface area contributed by atoms with Gasteiger partial charge in [-0.15, -0.1) is 0 Å². The molecule has 5 heteroatoms. The van der Waals surface area contributed by atoms with Crippen molar-refractivity contribution < 1.29 is 23.9 Å². The topological polar surface area (TPSA) is 77.5 Å². The largest absolute Gasteiger partial charge is 0.466 e. The zero-order valence-electron chi connectivity index (χ0n) is 26.0. The summed E-state index contributed by atoms with van der Waals surface area (Å²) in [4.78, 5) is 53.1. The molecule has 0 heterocycles. The minimum atomic E-state index is -0.632. The van der Waals surface area contributed by atoms with Crippen molar-refractivity contribution in [3.63, 3.8) is 0 Å². The fraction of sp³-hybridized carbons (Fsp3) is 0.824. The van der Waals surface area contributed by atoms with E-state index in [0.29, 0.717) is 19.4 Å². The molecule has 0 N–H and O–H groups in total. The lowest BCUT2D eigenvalue weighted by molar-refractivity contribution is -0.173. The predicted octanol–water partition coefficient (Wildman–Crippen LogP) is 7.30. The maximum atomic E-state index is 14.2.